The van der Waals surface area contributed by atoms with Crippen molar-refractivity contribution >= 4 is 22.6 Å². The van der Waals surface area contributed by atoms with Crippen molar-refractivity contribution in [3.05, 3.63) is 30.5 Å². The molecular weight excluding hydrogens is 210 g/mol. The highest BCUT2D eigenvalue weighted by atomic mass is 16.7. The molecule has 1 aromatic heterocycles. The minimum Gasteiger partial charge on any atom is -0.479 e. The second kappa shape index (κ2) is 4.54. The lowest BCUT2D eigenvalue weighted by molar-refractivity contribution is -0.141. The van der Waals surface area contributed by atoms with Crippen molar-refractivity contribution in [3.8, 4) is 0 Å². The SMILES string of the molecule is O=C(O)CONc1nncc2ccccc12. The summed E-state index contributed by atoms with van der Waals surface area (Å²) in [6, 6.07) is 7.46. The van der Waals surface area contributed by atoms with Crippen LogP contribution in [0.3, 0.4) is 0 Å². The van der Waals surface area contributed by atoms with Crippen molar-refractivity contribution in [3.63, 3.8) is 0 Å². The Labute approximate surface area is 90.8 Å². The Kier molecular flexibility index (Phi) is 2.93. The lowest BCUT2D eigenvalue weighted by Gasteiger charge is -2.05. The van der Waals surface area contributed by atoms with E-state index in [4.69, 9.17) is 9.94 Å². The number of hydrogen-bond donors (Lipinski definition) is 2. The fourth-order valence-corrected chi connectivity index (χ4v) is 1.27. The molecule has 0 fully saturated rings. The van der Waals surface area contributed by atoms with E-state index in [9.17, 15) is 4.79 Å². The Morgan fingerprint density at radius 1 is 1.44 bits per heavy atom. The van der Waals surface area contributed by atoms with Crippen LogP contribution in [0.5, 0.6) is 0 Å². The molecule has 0 spiro atoms. The number of nitrogens with zero attached hydrogens (tertiary/aromatic N) is 2. The van der Waals surface area contributed by atoms with Gasteiger partial charge in [0.05, 0.1) is 6.20 Å². The van der Waals surface area contributed by atoms with Gasteiger partial charge in [-0.2, -0.15) is 5.10 Å². The highest BCUT2D eigenvalue weighted by Gasteiger charge is 2.03. The van der Waals surface area contributed by atoms with Crippen LogP contribution in [0.15, 0.2) is 30.5 Å². The van der Waals surface area contributed by atoms with Crippen LogP contribution in [0.2, 0.25) is 0 Å². The molecule has 0 aliphatic rings. The number of aliphatic carboxylic acids is 1. The maximum absolute atomic E-state index is 10.3. The van der Waals surface area contributed by atoms with Crippen molar-refractivity contribution in [1.29, 1.82) is 0 Å². The summed E-state index contributed by atoms with van der Waals surface area (Å²) in [5, 5.41) is 17.7. The molecule has 0 aliphatic carbocycles. The van der Waals surface area contributed by atoms with Gasteiger partial charge in [0, 0.05) is 10.8 Å². The zero-order valence-corrected chi connectivity index (χ0v) is 8.25. The van der Waals surface area contributed by atoms with E-state index in [0.29, 0.717) is 5.82 Å². The van der Waals surface area contributed by atoms with Crippen LogP contribution in [-0.2, 0) is 9.63 Å². The van der Waals surface area contributed by atoms with Gasteiger partial charge in [-0.25, -0.2) is 10.3 Å². The van der Waals surface area contributed by atoms with Gasteiger partial charge in [-0.3, -0.25) is 4.84 Å². The van der Waals surface area contributed by atoms with Gasteiger partial charge in [-0.1, -0.05) is 24.3 Å². The number of carbonyl (C=O) groups is 1. The number of nitrogens with one attached hydrogen (secondary N) is 1. The number of benzene rings is 1. The molecule has 2 rings (SSSR count). The molecule has 16 heavy (non-hydrogen) atoms. The molecule has 0 amide bonds. The fraction of sp³-hybridized carbons (Fsp3) is 0.100. The highest BCUT2D eigenvalue weighted by Crippen LogP contribution is 2.18. The molecule has 0 radical (unpaired) electrons. The van der Waals surface area contributed by atoms with Gasteiger partial charge in [0.25, 0.3) is 0 Å². The van der Waals surface area contributed by atoms with Crippen LogP contribution in [0.25, 0.3) is 10.8 Å². The summed E-state index contributed by atoms with van der Waals surface area (Å²) in [6.45, 7) is -0.440. The molecule has 6 nitrogen and oxygen atoms in total. The van der Waals surface area contributed by atoms with Crippen LogP contribution >= 0.6 is 0 Å². The topological polar surface area (TPSA) is 84.3 Å². The molecule has 0 saturated heterocycles. The Hall–Kier alpha value is -2.21. The standard InChI is InChI=1S/C10H9N3O3/c14-9(15)6-16-13-10-8-4-2-1-3-7(8)5-11-12-10/h1-5H,6H2,(H,12,13)(H,14,15). The summed E-state index contributed by atoms with van der Waals surface area (Å²) in [7, 11) is 0. The second-order valence-electron chi connectivity index (χ2n) is 3.06. The van der Waals surface area contributed by atoms with E-state index in [1.54, 1.807) is 6.20 Å². The lowest BCUT2D eigenvalue weighted by Crippen LogP contribution is -2.12. The predicted octanol–water partition coefficient (Wildman–Crippen LogP) is 1.06. The first-order valence-corrected chi connectivity index (χ1v) is 4.57. The van der Waals surface area contributed by atoms with E-state index in [-0.39, 0.29) is 0 Å². The van der Waals surface area contributed by atoms with Crippen molar-refractivity contribution in [2.45, 2.75) is 0 Å². The van der Waals surface area contributed by atoms with Gasteiger partial charge in [0.15, 0.2) is 12.4 Å². The summed E-state index contributed by atoms with van der Waals surface area (Å²) in [5.74, 6) is -0.653. The predicted molar refractivity (Wildman–Crippen MR) is 56.7 cm³/mol. The third-order valence-electron chi connectivity index (χ3n) is 1.93. The Bertz CT molecular complexity index is 510. The first-order chi connectivity index (χ1) is 7.77. The monoisotopic (exact) mass is 219 g/mol. The van der Waals surface area contributed by atoms with E-state index in [1.807, 2.05) is 24.3 Å². The smallest absolute Gasteiger partial charge is 0.332 e. The zero-order valence-electron chi connectivity index (χ0n) is 8.25. The molecule has 1 aromatic carbocycles. The average Bonchev–Trinajstić information content (AvgIpc) is 2.29. The minimum absolute atomic E-state index is 0.402. The maximum atomic E-state index is 10.3. The van der Waals surface area contributed by atoms with E-state index in [1.165, 1.54) is 0 Å². The average molecular weight is 219 g/mol. The number of fused-ring (bicyclic) bond motifs is 1. The van der Waals surface area contributed by atoms with Gasteiger partial charge in [0.2, 0.25) is 0 Å². The molecular formula is C10H9N3O3. The quantitative estimate of drug-likeness (QED) is 0.748. The zero-order chi connectivity index (χ0) is 11.4. The number of carboxylic acids is 1. The van der Waals surface area contributed by atoms with Crippen molar-refractivity contribution in [2.75, 3.05) is 12.1 Å². The molecule has 82 valence electrons. The van der Waals surface area contributed by atoms with Crippen molar-refractivity contribution in [2.24, 2.45) is 0 Å². The van der Waals surface area contributed by atoms with Gasteiger partial charge in [0.1, 0.15) is 0 Å². The van der Waals surface area contributed by atoms with Gasteiger partial charge in [-0.05, 0) is 0 Å². The summed E-state index contributed by atoms with van der Waals surface area (Å²) in [4.78, 5) is 15.0. The van der Waals surface area contributed by atoms with Crippen LogP contribution in [0.1, 0.15) is 0 Å². The normalized spacial score (nSPS) is 10.2. The van der Waals surface area contributed by atoms with E-state index >= 15 is 0 Å². The number of anilines is 1. The largest absolute Gasteiger partial charge is 0.479 e. The molecule has 6 heteroatoms. The minimum atomic E-state index is -1.05. The molecule has 2 aromatic rings. The molecule has 1 heterocycles. The van der Waals surface area contributed by atoms with Crippen molar-refractivity contribution in [1.82, 2.24) is 10.2 Å². The summed E-state index contributed by atoms with van der Waals surface area (Å²) in [5.41, 5.74) is 2.46. The first kappa shape index (κ1) is 10.3. The first-order valence-electron chi connectivity index (χ1n) is 4.57. The third-order valence-corrected chi connectivity index (χ3v) is 1.93. The maximum Gasteiger partial charge on any atom is 0.332 e. The second-order valence-corrected chi connectivity index (χ2v) is 3.06. The van der Waals surface area contributed by atoms with Crippen molar-refractivity contribution < 1.29 is 14.7 Å². The Morgan fingerprint density at radius 2 is 2.25 bits per heavy atom. The number of rotatable bonds is 4. The van der Waals surface area contributed by atoms with Gasteiger partial charge < -0.3 is 5.11 Å². The summed E-state index contributed by atoms with van der Waals surface area (Å²) in [6.07, 6.45) is 1.62. The molecule has 0 aliphatic heterocycles. The molecule has 2 N–H and O–H groups in total. The number of carboxylic acid groups (broad SMARTS) is 1. The Balaban J connectivity index is 2.20. The molecule has 0 bridgehead atoms. The number of hydrogen-bond acceptors (Lipinski definition) is 5. The van der Waals surface area contributed by atoms with Crippen LogP contribution in [0, 0.1) is 0 Å². The summed E-state index contributed by atoms with van der Waals surface area (Å²) < 4.78 is 0. The van der Waals surface area contributed by atoms with Gasteiger partial charge in [-0.15, -0.1) is 5.10 Å². The van der Waals surface area contributed by atoms with Crippen LogP contribution in [0.4, 0.5) is 5.82 Å². The third kappa shape index (κ3) is 2.23. The van der Waals surface area contributed by atoms with Gasteiger partial charge >= 0.3 is 5.97 Å². The van der Waals surface area contributed by atoms with Crippen LogP contribution < -0.4 is 5.48 Å². The molecule has 0 saturated carbocycles. The summed E-state index contributed by atoms with van der Waals surface area (Å²) >= 11 is 0. The van der Waals surface area contributed by atoms with E-state index < -0.39 is 12.6 Å². The molecule has 0 atom stereocenters. The lowest BCUT2D eigenvalue weighted by atomic mass is 10.2. The van der Waals surface area contributed by atoms with E-state index in [2.05, 4.69) is 15.7 Å². The Morgan fingerprint density at radius 3 is 3.06 bits per heavy atom. The fourth-order valence-electron chi connectivity index (χ4n) is 1.27. The van der Waals surface area contributed by atoms with E-state index in [0.717, 1.165) is 10.8 Å². The van der Waals surface area contributed by atoms with Crippen LogP contribution in [-0.4, -0.2) is 27.9 Å². The molecule has 0 unspecified atom stereocenters. The highest BCUT2D eigenvalue weighted by molar-refractivity contribution is 5.90. The number of aromatic nitrogens is 2.